The molecule has 1 aromatic carbocycles. The number of para-hydroxylation sites is 2. The van der Waals surface area contributed by atoms with Gasteiger partial charge in [-0.2, -0.15) is 0 Å². The van der Waals surface area contributed by atoms with Gasteiger partial charge in [0.05, 0.1) is 5.69 Å². The van der Waals surface area contributed by atoms with Crippen molar-refractivity contribution in [2.75, 3.05) is 31.1 Å². The van der Waals surface area contributed by atoms with E-state index < -0.39 is 0 Å². The Balaban J connectivity index is 0.00000200. The van der Waals surface area contributed by atoms with Gasteiger partial charge >= 0.3 is 0 Å². The first-order valence-electron chi connectivity index (χ1n) is 6.64. The fourth-order valence-corrected chi connectivity index (χ4v) is 2.33. The topological polar surface area (TPSA) is 69.8 Å². The van der Waals surface area contributed by atoms with Gasteiger partial charge in [0.25, 0.3) is 0 Å². The summed E-state index contributed by atoms with van der Waals surface area (Å²) < 4.78 is 0. The maximum Gasteiger partial charge on any atom is 0.224 e. The quantitative estimate of drug-likeness (QED) is 0.880. The standard InChI is InChI=1S/C14H21N3O2.ClH/c1-11(15)10-14(19)17-8-6-16(7-9-17)12-4-2-3-5-13(12)18;/h2-5,11,18H,6-10,15H2,1H3;1H. The predicted molar refractivity (Wildman–Crippen MR) is 82.4 cm³/mol. The molecule has 0 bridgehead atoms. The number of hydrogen-bond acceptors (Lipinski definition) is 4. The Morgan fingerprint density at radius 3 is 2.45 bits per heavy atom. The highest BCUT2D eigenvalue weighted by Gasteiger charge is 2.22. The molecule has 1 aromatic rings. The van der Waals surface area contributed by atoms with Gasteiger partial charge in [-0.3, -0.25) is 4.79 Å². The van der Waals surface area contributed by atoms with Crippen LogP contribution in [0.25, 0.3) is 0 Å². The molecule has 112 valence electrons. The van der Waals surface area contributed by atoms with Crippen molar-refractivity contribution in [3.05, 3.63) is 24.3 Å². The minimum Gasteiger partial charge on any atom is -0.506 e. The molecule has 3 N–H and O–H groups in total. The molecule has 20 heavy (non-hydrogen) atoms. The van der Waals surface area contributed by atoms with Gasteiger partial charge in [0.2, 0.25) is 5.91 Å². The average Bonchev–Trinajstić information content (AvgIpc) is 2.39. The van der Waals surface area contributed by atoms with Crippen LogP contribution in [0.1, 0.15) is 13.3 Å². The van der Waals surface area contributed by atoms with Crippen molar-refractivity contribution in [3.8, 4) is 5.75 Å². The van der Waals surface area contributed by atoms with Crippen LogP contribution in [0.5, 0.6) is 5.75 Å². The number of anilines is 1. The number of carbonyl (C=O) groups excluding carboxylic acids is 1. The summed E-state index contributed by atoms with van der Waals surface area (Å²) in [4.78, 5) is 15.8. The van der Waals surface area contributed by atoms with Crippen molar-refractivity contribution in [3.63, 3.8) is 0 Å². The van der Waals surface area contributed by atoms with Crippen LogP contribution in [0.3, 0.4) is 0 Å². The number of piperazine rings is 1. The number of aromatic hydroxyl groups is 1. The zero-order chi connectivity index (χ0) is 13.8. The van der Waals surface area contributed by atoms with E-state index in [0.717, 1.165) is 18.8 Å². The lowest BCUT2D eigenvalue weighted by Gasteiger charge is -2.36. The largest absolute Gasteiger partial charge is 0.506 e. The van der Waals surface area contributed by atoms with Crippen LogP contribution in [0.15, 0.2) is 24.3 Å². The van der Waals surface area contributed by atoms with Crippen molar-refractivity contribution < 1.29 is 9.90 Å². The van der Waals surface area contributed by atoms with Gasteiger partial charge in [0.15, 0.2) is 0 Å². The highest BCUT2D eigenvalue weighted by atomic mass is 35.5. The maximum atomic E-state index is 11.9. The summed E-state index contributed by atoms with van der Waals surface area (Å²) >= 11 is 0. The van der Waals surface area contributed by atoms with E-state index in [-0.39, 0.29) is 30.1 Å². The van der Waals surface area contributed by atoms with Gasteiger partial charge in [-0.15, -0.1) is 12.4 Å². The zero-order valence-electron chi connectivity index (χ0n) is 11.7. The van der Waals surface area contributed by atoms with Gasteiger partial charge in [0, 0.05) is 38.6 Å². The number of hydrogen-bond donors (Lipinski definition) is 2. The van der Waals surface area contributed by atoms with E-state index in [0.29, 0.717) is 19.5 Å². The van der Waals surface area contributed by atoms with Crippen LogP contribution in [-0.4, -0.2) is 48.1 Å². The SMILES string of the molecule is CC(N)CC(=O)N1CCN(c2ccccc2O)CC1.Cl. The first-order valence-corrected chi connectivity index (χ1v) is 6.64. The lowest BCUT2D eigenvalue weighted by Crippen LogP contribution is -2.49. The molecule has 1 atom stereocenters. The highest BCUT2D eigenvalue weighted by Crippen LogP contribution is 2.27. The second-order valence-electron chi connectivity index (χ2n) is 5.04. The Hall–Kier alpha value is -1.46. The van der Waals surface area contributed by atoms with Crippen LogP contribution in [0, 0.1) is 0 Å². The van der Waals surface area contributed by atoms with Gasteiger partial charge in [0.1, 0.15) is 5.75 Å². The molecule has 2 rings (SSSR count). The van der Waals surface area contributed by atoms with Gasteiger partial charge in [-0.05, 0) is 19.1 Å². The van der Waals surface area contributed by atoms with Crippen LogP contribution < -0.4 is 10.6 Å². The van der Waals surface area contributed by atoms with Crippen LogP contribution in [0.4, 0.5) is 5.69 Å². The molecule has 0 saturated carbocycles. The third-order valence-corrected chi connectivity index (χ3v) is 3.35. The molecule has 5 nitrogen and oxygen atoms in total. The van der Waals surface area contributed by atoms with Crippen molar-refractivity contribution in [2.24, 2.45) is 5.73 Å². The molecule has 1 aliphatic rings. The van der Waals surface area contributed by atoms with E-state index in [1.165, 1.54) is 0 Å². The van der Waals surface area contributed by atoms with E-state index in [1.54, 1.807) is 12.1 Å². The summed E-state index contributed by atoms with van der Waals surface area (Å²) in [5.41, 5.74) is 6.48. The zero-order valence-corrected chi connectivity index (χ0v) is 12.5. The van der Waals surface area contributed by atoms with Crippen molar-refractivity contribution >= 4 is 24.0 Å². The molecule has 1 unspecified atom stereocenters. The number of phenolic OH excluding ortho intramolecular Hbond substituents is 1. The second kappa shape index (κ2) is 7.36. The summed E-state index contributed by atoms with van der Waals surface area (Å²) in [5.74, 6) is 0.407. The van der Waals surface area contributed by atoms with Crippen molar-refractivity contribution in [1.29, 1.82) is 0 Å². The monoisotopic (exact) mass is 299 g/mol. The average molecular weight is 300 g/mol. The summed E-state index contributed by atoms with van der Waals surface area (Å²) in [6, 6.07) is 7.20. The molecule has 1 aliphatic heterocycles. The number of phenols is 1. The Kier molecular flexibility index (Phi) is 6.10. The number of nitrogens with zero attached hydrogens (tertiary/aromatic N) is 2. The normalized spacial score (nSPS) is 16.5. The fraction of sp³-hybridized carbons (Fsp3) is 0.500. The first kappa shape index (κ1) is 16.6. The van der Waals surface area contributed by atoms with E-state index in [1.807, 2.05) is 24.0 Å². The van der Waals surface area contributed by atoms with Crippen LogP contribution >= 0.6 is 12.4 Å². The molecule has 1 amide bonds. The van der Waals surface area contributed by atoms with Crippen molar-refractivity contribution in [2.45, 2.75) is 19.4 Å². The van der Waals surface area contributed by atoms with Crippen LogP contribution in [0.2, 0.25) is 0 Å². The first-order chi connectivity index (χ1) is 9.08. The lowest BCUT2D eigenvalue weighted by atomic mass is 10.2. The number of rotatable bonds is 3. The third kappa shape index (κ3) is 4.02. The summed E-state index contributed by atoms with van der Waals surface area (Å²) in [6.45, 7) is 4.68. The lowest BCUT2D eigenvalue weighted by molar-refractivity contribution is -0.131. The Bertz CT molecular complexity index is 446. The molecule has 0 aromatic heterocycles. The Morgan fingerprint density at radius 1 is 1.30 bits per heavy atom. The number of benzene rings is 1. The number of halogens is 1. The number of carbonyl (C=O) groups is 1. The third-order valence-electron chi connectivity index (χ3n) is 3.35. The highest BCUT2D eigenvalue weighted by molar-refractivity contribution is 5.85. The van der Waals surface area contributed by atoms with Crippen LogP contribution in [-0.2, 0) is 4.79 Å². The van der Waals surface area contributed by atoms with Gasteiger partial charge < -0.3 is 20.6 Å². The number of nitrogens with two attached hydrogens (primary N) is 1. The second-order valence-corrected chi connectivity index (χ2v) is 5.04. The van der Waals surface area contributed by atoms with E-state index in [2.05, 4.69) is 4.90 Å². The molecule has 1 fully saturated rings. The molecule has 0 radical (unpaired) electrons. The molecule has 1 saturated heterocycles. The van der Waals surface area contributed by atoms with E-state index >= 15 is 0 Å². The maximum absolute atomic E-state index is 11.9. The minimum absolute atomic E-state index is 0. The van der Waals surface area contributed by atoms with E-state index in [9.17, 15) is 9.90 Å². The molecule has 1 heterocycles. The van der Waals surface area contributed by atoms with Gasteiger partial charge in [-0.1, -0.05) is 12.1 Å². The summed E-state index contributed by atoms with van der Waals surface area (Å²) in [5, 5.41) is 9.82. The summed E-state index contributed by atoms with van der Waals surface area (Å²) in [6.07, 6.45) is 0.399. The predicted octanol–water partition coefficient (Wildman–Crippen LogP) is 1.20. The minimum atomic E-state index is -0.0938. The summed E-state index contributed by atoms with van der Waals surface area (Å²) in [7, 11) is 0. The Morgan fingerprint density at radius 2 is 1.90 bits per heavy atom. The number of amides is 1. The molecular weight excluding hydrogens is 278 g/mol. The molecule has 0 spiro atoms. The molecule has 0 aliphatic carbocycles. The molecular formula is C14H22ClN3O2. The van der Waals surface area contributed by atoms with E-state index in [4.69, 9.17) is 5.73 Å². The smallest absolute Gasteiger partial charge is 0.224 e. The fourth-order valence-electron chi connectivity index (χ4n) is 2.33. The van der Waals surface area contributed by atoms with Crippen molar-refractivity contribution in [1.82, 2.24) is 4.90 Å². The Labute approximate surface area is 125 Å². The molecule has 6 heteroatoms. The van der Waals surface area contributed by atoms with Gasteiger partial charge in [-0.25, -0.2) is 0 Å².